The summed E-state index contributed by atoms with van der Waals surface area (Å²) < 4.78 is 48.5. The Labute approximate surface area is 420 Å². The number of nitro benzene ring substituents is 1. The Bertz CT molecular complexity index is 2960. The number of piperidine rings is 2. The Morgan fingerprint density at radius 3 is 2.50 bits per heavy atom. The third-order valence-corrected chi connectivity index (χ3v) is 18.0. The number of likely N-dealkylation sites (tertiary alicyclic amines) is 1. The molecule has 0 unspecified atom stereocenters. The molecule has 5 fully saturated rings. The summed E-state index contributed by atoms with van der Waals surface area (Å²) in [4.78, 5) is 41.2. The molecule has 4 N–H and O–H groups in total. The maximum absolute atomic E-state index is 14.7. The van der Waals surface area contributed by atoms with Gasteiger partial charge in [-0.2, -0.15) is 4.98 Å². The number of carbonyl (C=O) groups excluding carboxylic acids is 1. The molecule has 1 spiro atoms. The van der Waals surface area contributed by atoms with E-state index in [9.17, 15) is 28.4 Å². The van der Waals surface area contributed by atoms with E-state index in [1.807, 2.05) is 37.4 Å². The molecule has 72 heavy (non-hydrogen) atoms. The number of carbonyl (C=O) groups is 1. The fraction of sp³-hybridized carbons (Fsp3) is 0.519. The van der Waals surface area contributed by atoms with Crippen molar-refractivity contribution in [1.82, 2.24) is 19.6 Å². The SMILES string of the molecule is CC(C)c1ccccc1[C@H]1C[C@@](C)(O)CCN1C1CC2(CCN(c3ccc(C(=O)NS(=O)(=O)c4ccc(NCC5CCOCC5)c([N+](=O)[O-])c4)c(N4c5cc6cc[nH]c6nc5O[C@H]5COCC[C@@H]54)c3)CC2)C1. The molecular weight excluding hydrogens is 937 g/mol. The van der Waals surface area contributed by atoms with Crippen molar-refractivity contribution < 1.29 is 37.5 Å². The van der Waals surface area contributed by atoms with Crippen LogP contribution in [0.15, 0.2) is 83.9 Å². The van der Waals surface area contributed by atoms with E-state index in [-0.39, 0.29) is 34.7 Å². The summed E-state index contributed by atoms with van der Waals surface area (Å²) in [6, 6.07) is 22.2. The Morgan fingerprint density at radius 2 is 1.72 bits per heavy atom. The van der Waals surface area contributed by atoms with Gasteiger partial charge in [0, 0.05) is 81.4 Å². The second kappa shape index (κ2) is 19.2. The van der Waals surface area contributed by atoms with Gasteiger partial charge in [-0.3, -0.25) is 19.8 Å². The number of fused-ring (bicyclic) bond motifs is 3. The predicted octanol–water partition coefficient (Wildman–Crippen LogP) is 8.58. The lowest BCUT2D eigenvalue weighted by Crippen LogP contribution is -2.58. The van der Waals surface area contributed by atoms with Crippen molar-refractivity contribution in [2.24, 2.45) is 11.3 Å². The number of nitrogens with one attached hydrogen (secondary N) is 3. The molecule has 6 aliphatic rings. The maximum atomic E-state index is 14.7. The van der Waals surface area contributed by atoms with Gasteiger partial charge in [-0.05, 0) is 136 Å². The highest BCUT2D eigenvalue weighted by molar-refractivity contribution is 7.90. The van der Waals surface area contributed by atoms with Gasteiger partial charge in [0.2, 0.25) is 5.88 Å². The molecule has 4 saturated heterocycles. The maximum Gasteiger partial charge on any atom is 0.293 e. The minimum Gasteiger partial charge on any atom is -0.468 e. The predicted molar refractivity (Wildman–Crippen MR) is 275 cm³/mol. The van der Waals surface area contributed by atoms with Gasteiger partial charge < -0.3 is 39.4 Å². The number of sulfonamides is 1. The van der Waals surface area contributed by atoms with Gasteiger partial charge in [0.05, 0.1) is 39.3 Å². The van der Waals surface area contributed by atoms with Crippen LogP contribution in [-0.4, -0.2) is 116 Å². The van der Waals surface area contributed by atoms with Crippen molar-refractivity contribution in [3.63, 3.8) is 0 Å². The van der Waals surface area contributed by atoms with Crippen LogP contribution in [0.25, 0.3) is 11.0 Å². The first-order valence-corrected chi connectivity index (χ1v) is 27.3. The molecule has 1 amide bonds. The summed E-state index contributed by atoms with van der Waals surface area (Å²) in [5.41, 5.74) is 4.79. The summed E-state index contributed by atoms with van der Waals surface area (Å²) >= 11 is 0. The van der Waals surface area contributed by atoms with Gasteiger partial charge in [0.15, 0.2) is 0 Å². The van der Waals surface area contributed by atoms with Crippen LogP contribution >= 0.6 is 0 Å². The number of hydrogen-bond acceptors (Lipinski definition) is 14. The Kier molecular flexibility index (Phi) is 13.0. The molecule has 18 heteroatoms. The molecule has 0 radical (unpaired) electrons. The molecule has 11 rings (SSSR count). The Hall–Kier alpha value is -5.79. The Balaban J connectivity index is 0.873. The van der Waals surface area contributed by atoms with Crippen molar-refractivity contribution in [2.75, 3.05) is 67.7 Å². The highest BCUT2D eigenvalue weighted by atomic mass is 32.2. The molecule has 17 nitrogen and oxygen atoms in total. The average Bonchev–Trinajstić information content (AvgIpc) is 3.83. The molecule has 0 bridgehead atoms. The Morgan fingerprint density at radius 1 is 0.944 bits per heavy atom. The first-order valence-electron chi connectivity index (χ1n) is 25.8. The number of anilines is 4. The van der Waals surface area contributed by atoms with Crippen LogP contribution in [0.3, 0.4) is 0 Å². The van der Waals surface area contributed by atoms with E-state index < -0.39 is 43.1 Å². The van der Waals surface area contributed by atoms with Crippen LogP contribution in [0.2, 0.25) is 0 Å². The lowest BCUT2D eigenvalue weighted by Gasteiger charge is -2.58. The van der Waals surface area contributed by atoms with E-state index in [0.717, 1.165) is 88.1 Å². The van der Waals surface area contributed by atoms with Crippen molar-refractivity contribution in [3.05, 3.63) is 106 Å². The van der Waals surface area contributed by atoms with Gasteiger partial charge in [0.1, 0.15) is 23.1 Å². The van der Waals surface area contributed by atoms with Crippen molar-refractivity contribution in [2.45, 2.75) is 119 Å². The van der Waals surface area contributed by atoms with Crippen LogP contribution in [0.5, 0.6) is 5.88 Å². The standard InChI is InChI=1S/C54H66N8O9S/c1-34(2)40-6-4-5-7-41(40)48-31-53(3,64)16-22-60(48)38-29-54(30-38)17-20-59(21-18-54)37-8-10-42(45(27-37)61-44-15-25-70-33-49(44)71-52-47(61)26-36-12-19-55-50(36)57-52)51(63)58-72(67,68)39-9-11-43(46(28-39)62(65)66)56-32-35-13-23-69-24-14-35/h4-12,19,26-28,34-35,38,44,48-49,56,64H,13-18,20-25,29-33H2,1-3H3,(H,55,57)(H,58,63)/t44-,48+,49-,53-/m0/s1. The summed E-state index contributed by atoms with van der Waals surface area (Å²) in [6.45, 7) is 11.5. The van der Waals surface area contributed by atoms with Crippen LogP contribution < -0.4 is 24.6 Å². The van der Waals surface area contributed by atoms with Gasteiger partial charge in [-0.15, -0.1) is 0 Å². The zero-order chi connectivity index (χ0) is 49.9. The van der Waals surface area contributed by atoms with E-state index in [1.54, 1.807) is 6.07 Å². The molecule has 3 aromatic carbocycles. The smallest absolute Gasteiger partial charge is 0.293 e. The van der Waals surface area contributed by atoms with E-state index in [0.29, 0.717) is 74.3 Å². The molecule has 5 aromatic rings. The number of nitrogens with zero attached hydrogens (tertiary/aromatic N) is 5. The van der Waals surface area contributed by atoms with Gasteiger partial charge >= 0.3 is 0 Å². The number of rotatable bonds is 12. The third-order valence-electron chi connectivity index (χ3n) is 16.6. The van der Waals surface area contributed by atoms with Crippen molar-refractivity contribution in [3.8, 4) is 5.88 Å². The first-order chi connectivity index (χ1) is 34.6. The highest BCUT2D eigenvalue weighted by Crippen LogP contribution is 2.55. The first kappa shape index (κ1) is 48.5. The zero-order valence-electron chi connectivity index (χ0n) is 41.3. The van der Waals surface area contributed by atoms with E-state index in [1.165, 1.54) is 23.3 Å². The number of ether oxygens (including phenoxy) is 3. The monoisotopic (exact) mass is 1000 g/mol. The number of aliphatic hydroxyl groups is 1. The minimum atomic E-state index is -4.61. The number of amides is 1. The van der Waals surface area contributed by atoms with Gasteiger partial charge in [0.25, 0.3) is 21.6 Å². The van der Waals surface area contributed by atoms with Gasteiger partial charge in [-0.1, -0.05) is 38.1 Å². The van der Waals surface area contributed by atoms with Crippen LogP contribution in [0.4, 0.5) is 28.4 Å². The van der Waals surface area contributed by atoms with Crippen molar-refractivity contribution in [1.29, 1.82) is 0 Å². The number of aromatic nitrogens is 2. The number of pyridine rings is 1. The molecule has 1 aliphatic carbocycles. The summed E-state index contributed by atoms with van der Waals surface area (Å²) in [7, 11) is -4.61. The number of aromatic amines is 1. The molecule has 1 saturated carbocycles. The summed E-state index contributed by atoms with van der Waals surface area (Å²) in [5, 5.41) is 27.7. The molecule has 2 aromatic heterocycles. The van der Waals surface area contributed by atoms with Gasteiger partial charge in [-0.25, -0.2) is 13.1 Å². The molecule has 382 valence electrons. The number of H-pyrrole nitrogens is 1. The normalized spacial score (nSPS) is 24.9. The van der Waals surface area contributed by atoms with Crippen LogP contribution in [0, 0.1) is 21.4 Å². The molecule has 7 heterocycles. The van der Waals surface area contributed by atoms with Crippen LogP contribution in [0.1, 0.15) is 112 Å². The second-order valence-corrected chi connectivity index (χ2v) is 23.4. The molecule has 5 aliphatic heterocycles. The van der Waals surface area contributed by atoms with E-state index in [2.05, 4.69) is 67.8 Å². The van der Waals surface area contributed by atoms with E-state index in [4.69, 9.17) is 19.2 Å². The lowest BCUT2D eigenvalue weighted by atomic mass is 9.59. The van der Waals surface area contributed by atoms with Crippen LogP contribution in [-0.2, 0) is 19.5 Å². The second-order valence-electron chi connectivity index (χ2n) is 21.7. The minimum absolute atomic E-state index is 0.114. The highest BCUT2D eigenvalue weighted by Gasteiger charge is 2.51. The fourth-order valence-electron chi connectivity index (χ4n) is 12.5. The quantitative estimate of drug-likeness (QED) is 0.0683. The largest absolute Gasteiger partial charge is 0.468 e. The zero-order valence-corrected chi connectivity index (χ0v) is 42.2. The summed E-state index contributed by atoms with van der Waals surface area (Å²) in [5.74, 6) is 0.142. The average molecular weight is 1000 g/mol. The molecular formula is C54H66N8O9S. The fourth-order valence-corrected chi connectivity index (χ4v) is 13.5. The third kappa shape index (κ3) is 9.40. The van der Waals surface area contributed by atoms with E-state index >= 15 is 0 Å². The lowest BCUT2D eigenvalue weighted by molar-refractivity contribution is -0.384. The number of benzene rings is 3. The molecule has 4 atom stereocenters. The number of nitro groups is 1. The number of hydrogen-bond donors (Lipinski definition) is 4. The summed E-state index contributed by atoms with van der Waals surface area (Å²) in [6.07, 6.45) is 9.29. The van der Waals surface area contributed by atoms with Crippen molar-refractivity contribution >= 4 is 55.4 Å². The topological polar surface area (TPSA) is 205 Å².